The van der Waals surface area contributed by atoms with E-state index in [0.717, 1.165) is 23.8 Å². The molecule has 0 bridgehead atoms. The van der Waals surface area contributed by atoms with E-state index in [4.69, 9.17) is 11.6 Å². The third-order valence-corrected chi connectivity index (χ3v) is 6.74. The van der Waals surface area contributed by atoms with Crippen LogP contribution in [0.4, 0.5) is 26.7 Å². The van der Waals surface area contributed by atoms with Gasteiger partial charge in [-0.1, -0.05) is 35.9 Å². The largest absolute Gasteiger partial charge is 0.573 e. The number of ether oxygens (including phenoxy) is 1. The van der Waals surface area contributed by atoms with Crippen molar-refractivity contribution in [2.45, 2.75) is 25.9 Å². The quantitative estimate of drug-likeness (QED) is 0.205. The highest BCUT2D eigenvalue weighted by atomic mass is 35.5. The fourth-order valence-electron chi connectivity index (χ4n) is 4.72. The first-order valence-electron chi connectivity index (χ1n) is 12.2. The molecule has 4 aromatic rings. The van der Waals surface area contributed by atoms with E-state index in [1.165, 1.54) is 16.8 Å². The number of pyridine rings is 1. The molecule has 1 amide bonds. The topological polar surface area (TPSA) is 59.4 Å². The number of amides is 1. The van der Waals surface area contributed by atoms with E-state index < -0.39 is 29.9 Å². The Labute approximate surface area is 230 Å². The van der Waals surface area contributed by atoms with Gasteiger partial charge in [-0.15, -0.1) is 13.2 Å². The molecule has 1 aliphatic rings. The minimum absolute atomic E-state index is 0.0541. The summed E-state index contributed by atoms with van der Waals surface area (Å²) in [6.07, 6.45) is 0.414. The molecule has 5 rings (SSSR count). The zero-order chi connectivity index (χ0) is 28.4. The van der Waals surface area contributed by atoms with Crippen LogP contribution in [0.1, 0.15) is 22.4 Å². The van der Waals surface area contributed by atoms with Crippen molar-refractivity contribution in [3.8, 4) is 5.75 Å². The van der Waals surface area contributed by atoms with E-state index in [1.807, 2.05) is 24.3 Å². The number of carbonyl (C=O) groups excluding carboxylic acids is 1. The third kappa shape index (κ3) is 6.26. The van der Waals surface area contributed by atoms with E-state index in [-0.39, 0.29) is 12.1 Å². The summed E-state index contributed by atoms with van der Waals surface area (Å²) >= 11 is 5.93. The van der Waals surface area contributed by atoms with Crippen LogP contribution in [0.25, 0.3) is 17.0 Å². The molecule has 2 aromatic heterocycles. The lowest BCUT2D eigenvalue weighted by atomic mass is 10.0. The highest BCUT2D eigenvalue weighted by Gasteiger charge is 2.34. The Morgan fingerprint density at radius 2 is 1.90 bits per heavy atom. The SMILES string of the molecule is O=C(NCc1ccnc(F)c1)n1c2c(c3cc(F)c(OC(F)(F)F)cc31)CN(CC=Cc1ccc(Cl)cc1)CC2. The van der Waals surface area contributed by atoms with Crippen LogP contribution in [0.15, 0.2) is 60.8 Å². The van der Waals surface area contributed by atoms with Crippen LogP contribution < -0.4 is 10.1 Å². The first-order chi connectivity index (χ1) is 19.1. The number of nitrogens with zero attached hydrogens (tertiary/aromatic N) is 3. The van der Waals surface area contributed by atoms with Gasteiger partial charge in [-0.2, -0.15) is 4.39 Å². The van der Waals surface area contributed by atoms with Crippen LogP contribution in [-0.4, -0.2) is 39.9 Å². The van der Waals surface area contributed by atoms with Gasteiger partial charge in [-0.25, -0.2) is 14.2 Å². The number of fused-ring (bicyclic) bond motifs is 3. The molecular formula is C28H22ClF5N4O2. The van der Waals surface area contributed by atoms with Crippen LogP contribution in [0.2, 0.25) is 5.02 Å². The molecule has 208 valence electrons. The molecule has 0 radical (unpaired) electrons. The fraction of sp³-hybridized carbons (Fsp3) is 0.214. The van der Waals surface area contributed by atoms with Crippen molar-refractivity contribution in [1.82, 2.24) is 19.8 Å². The second-order valence-corrected chi connectivity index (χ2v) is 9.63. The monoisotopic (exact) mass is 576 g/mol. The molecule has 1 N–H and O–H groups in total. The maximum Gasteiger partial charge on any atom is 0.573 e. The molecule has 0 saturated heterocycles. The van der Waals surface area contributed by atoms with Crippen molar-refractivity contribution in [2.24, 2.45) is 0 Å². The van der Waals surface area contributed by atoms with E-state index in [2.05, 4.69) is 19.9 Å². The molecule has 0 spiro atoms. The molecular weight excluding hydrogens is 555 g/mol. The number of aromatic nitrogens is 2. The molecule has 40 heavy (non-hydrogen) atoms. The number of carbonyl (C=O) groups is 1. The summed E-state index contributed by atoms with van der Waals surface area (Å²) in [7, 11) is 0. The van der Waals surface area contributed by atoms with Gasteiger partial charge >= 0.3 is 12.4 Å². The Morgan fingerprint density at radius 3 is 2.62 bits per heavy atom. The highest BCUT2D eigenvalue weighted by molar-refractivity contribution is 6.30. The van der Waals surface area contributed by atoms with Gasteiger partial charge < -0.3 is 10.1 Å². The fourth-order valence-corrected chi connectivity index (χ4v) is 4.85. The van der Waals surface area contributed by atoms with Crippen LogP contribution in [-0.2, 0) is 19.5 Å². The smallest absolute Gasteiger partial charge is 0.403 e. The summed E-state index contributed by atoms with van der Waals surface area (Å²) in [5.41, 5.74) is 2.65. The minimum atomic E-state index is -5.12. The average molecular weight is 577 g/mol. The van der Waals surface area contributed by atoms with Gasteiger partial charge in [0, 0.05) is 61.0 Å². The Kier molecular flexibility index (Phi) is 7.77. The number of halogens is 6. The summed E-state index contributed by atoms with van der Waals surface area (Å²) in [5.74, 6) is -2.95. The number of hydrogen-bond acceptors (Lipinski definition) is 4. The Bertz CT molecular complexity index is 1580. The Morgan fingerprint density at radius 1 is 1.12 bits per heavy atom. The van der Waals surface area contributed by atoms with E-state index in [0.29, 0.717) is 53.3 Å². The zero-order valence-corrected chi connectivity index (χ0v) is 21.6. The molecule has 2 aromatic carbocycles. The molecule has 3 heterocycles. The van der Waals surface area contributed by atoms with Gasteiger partial charge in [-0.05, 0) is 47.0 Å². The standard InChI is InChI=1S/C28H22ClF5N4O2/c29-19-5-3-17(4-6-19)2-1-10-37-11-8-23-21(16-37)20-13-22(30)25(40-28(32,33)34)14-24(20)38(23)27(39)36-15-18-7-9-35-26(31)12-18/h1-7,9,12-14H,8,10-11,15-16H2,(H,36,39). The van der Waals surface area contributed by atoms with Crippen molar-refractivity contribution in [1.29, 1.82) is 0 Å². The molecule has 1 aliphatic heterocycles. The number of hydrogen-bond donors (Lipinski definition) is 1. The Balaban J connectivity index is 1.45. The predicted molar refractivity (Wildman–Crippen MR) is 140 cm³/mol. The number of nitrogens with one attached hydrogen (secondary N) is 1. The van der Waals surface area contributed by atoms with Crippen LogP contribution in [0.3, 0.4) is 0 Å². The van der Waals surface area contributed by atoms with Crippen LogP contribution in [0, 0.1) is 11.8 Å². The molecule has 0 fully saturated rings. The molecule has 0 saturated carbocycles. The van der Waals surface area contributed by atoms with Gasteiger partial charge in [0.05, 0.1) is 5.52 Å². The predicted octanol–water partition coefficient (Wildman–Crippen LogP) is 6.70. The van der Waals surface area contributed by atoms with Crippen molar-refractivity contribution in [2.75, 3.05) is 13.1 Å². The number of rotatable bonds is 6. The van der Waals surface area contributed by atoms with Crippen LogP contribution >= 0.6 is 11.6 Å². The van der Waals surface area contributed by atoms with E-state index in [1.54, 1.807) is 12.1 Å². The molecule has 12 heteroatoms. The maximum absolute atomic E-state index is 14.7. The first-order valence-corrected chi connectivity index (χ1v) is 12.6. The van der Waals surface area contributed by atoms with Crippen LogP contribution in [0.5, 0.6) is 5.75 Å². The molecule has 0 aliphatic carbocycles. The van der Waals surface area contributed by atoms with Crippen molar-refractivity contribution in [3.63, 3.8) is 0 Å². The summed E-state index contributed by atoms with van der Waals surface area (Å²) in [5, 5.41) is 3.59. The average Bonchev–Trinajstić information content (AvgIpc) is 3.20. The second-order valence-electron chi connectivity index (χ2n) is 9.19. The van der Waals surface area contributed by atoms with Crippen molar-refractivity contribution in [3.05, 3.63) is 100.0 Å². The minimum Gasteiger partial charge on any atom is -0.403 e. The van der Waals surface area contributed by atoms with Crippen molar-refractivity contribution >= 4 is 34.6 Å². The number of alkyl halides is 3. The summed E-state index contributed by atoms with van der Waals surface area (Å²) in [6.45, 7) is 1.38. The normalized spacial score (nSPS) is 14.1. The molecule has 0 unspecified atom stereocenters. The highest BCUT2D eigenvalue weighted by Crippen LogP contribution is 2.36. The van der Waals surface area contributed by atoms with Crippen molar-refractivity contribution < 1.29 is 31.5 Å². The summed E-state index contributed by atoms with van der Waals surface area (Å²) in [4.78, 5) is 18.9. The summed E-state index contributed by atoms with van der Waals surface area (Å²) < 4.78 is 72.1. The van der Waals surface area contributed by atoms with E-state index in [9.17, 15) is 26.7 Å². The second kappa shape index (κ2) is 11.3. The van der Waals surface area contributed by atoms with Gasteiger partial charge in [0.25, 0.3) is 0 Å². The lowest BCUT2D eigenvalue weighted by molar-refractivity contribution is -0.275. The third-order valence-electron chi connectivity index (χ3n) is 6.49. The number of benzene rings is 2. The van der Waals surface area contributed by atoms with Gasteiger partial charge in [0.2, 0.25) is 5.95 Å². The molecule has 6 nitrogen and oxygen atoms in total. The molecule has 0 atom stereocenters. The van der Waals surface area contributed by atoms with Gasteiger partial charge in [-0.3, -0.25) is 9.47 Å². The van der Waals surface area contributed by atoms with Gasteiger partial charge in [0.1, 0.15) is 0 Å². The van der Waals surface area contributed by atoms with E-state index >= 15 is 0 Å². The Hall–Kier alpha value is -3.96. The maximum atomic E-state index is 14.7. The zero-order valence-electron chi connectivity index (χ0n) is 20.8. The van der Waals surface area contributed by atoms with Gasteiger partial charge in [0.15, 0.2) is 11.6 Å². The lowest BCUT2D eigenvalue weighted by Crippen LogP contribution is -2.34. The summed E-state index contributed by atoms with van der Waals surface area (Å²) in [6, 6.07) is 11.2. The lowest BCUT2D eigenvalue weighted by Gasteiger charge is -2.27. The first kappa shape index (κ1) is 27.6.